The molecule has 0 spiro atoms. The number of thiophene rings is 1. The first kappa shape index (κ1) is 18.9. The van der Waals surface area contributed by atoms with Crippen molar-refractivity contribution >= 4 is 28.8 Å². The zero-order valence-electron chi connectivity index (χ0n) is 16.8. The molecule has 0 aliphatic carbocycles. The van der Waals surface area contributed by atoms with Crippen LogP contribution in [-0.4, -0.2) is 47.2 Å². The van der Waals surface area contributed by atoms with Gasteiger partial charge in [0.2, 0.25) is 5.91 Å². The van der Waals surface area contributed by atoms with Crippen LogP contribution in [0.1, 0.15) is 17.4 Å². The van der Waals surface area contributed by atoms with Crippen LogP contribution >= 0.6 is 11.3 Å². The Morgan fingerprint density at radius 2 is 1.87 bits per heavy atom. The lowest BCUT2D eigenvalue weighted by Crippen LogP contribution is -2.55. The number of amidine groups is 1. The fourth-order valence-electron chi connectivity index (χ4n) is 4.09. The van der Waals surface area contributed by atoms with Gasteiger partial charge in [-0.3, -0.25) is 4.79 Å². The van der Waals surface area contributed by atoms with Crippen molar-refractivity contribution in [2.45, 2.75) is 19.4 Å². The smallest absolute Gasteiger partial charge is 0.228 e. The molecule has 1 unspecified atom stereocenters. The van der Waals surface area contributed by atoms with E-state index in [0.717, 1.165) is 46.6 Å². The van der Waals surface area contributed by atoms with Gasteiger partial charge in [0, 0.05) is 30.6 Å². The van der Waals surface area contributed by atoms with Crippen molar-refractivity contribution in [1.29, 1.82) is 0 Å². The van der Waals surface area contributed by atoms with Gasteiger partial charge in [0.15, 0.2) is 5.75 Å². The number of fused-ring (bicyclic) bond motifs is 2. The lowest BCUT2D eigenvalue weighted by atomic mass is 10.1. The SMILES string of the molecule is CC1CN(C2=Nc3ccccc3Oc3ccccc32)CCN1C(=O)Cc1cccs1. The number of amides is 1. The molecular formula is C24H23N3O2S. The summed E-state index contributed by atoms with van der Waals surface area (Å²) in [5.74, 6) is 2.68. The molecule has 3 heterocycles. The van der Waals surface area contributed by atoms with Crippen molar-refractivity contribution < 1.29 is 9.53 Å². The second-order valence-corrected chi connectivity index (χ2v) is 8.67. The summed E-state index contributed by atoms with van der Waals surface area (Å²) in [6, 6.07) is 20.0. The third-order valence-corrected chi connectivity index (χ3v) is 6.47. The Labute approximate surface area is 180 Å². The molecule has 1 saturated heterocycles. The molecule has 0 bridgehead atoms. The van der Waals surface area contributed by atoms with Crippen molar-refractivity contribution in [3.63, 3.8) is 0 Å². The van der Waals surface area contributed by atoms with Gasteiger partial charge in [-0.25, -0.2) is 4.99 Å². The van der Waals surface area contributed by atoms with E-state index in [-0.39, 0.29) is 11.9 Å². The van der Waals surface area contributed by atoms with E-state index >= 15 is 0 Å². The van der Waals surface area contributed by atoms with Gasteiger partial charge in [-0.1, -0.05) is 30.3 Å². The van der Waals surface area contributed by atoms with E-state index < -0.39 is 0 Å². The number of benzene rings is 2. The molecule has 6 heteroatoms. The predicted molar refractivity (Wildman–Crippen MR) is 120 cm³/mol. The van der Waals surface area contributed by atoms with Crippen LogP contribution in [0.5, 0.6) is 11.5 Å². The maximum Gasteiger partial charge on any atom is 0.228 e. The van der Waals surface area contributed by atoms with E-state index in [1.54, 1.807) is 11.3 Å². The van der Waals surface area contributed by atoms with Crippen LogP contribution in [0, 0.1) is 0 Å². The minimum absolute atomic E-state index is 0.112. The third kappa shape index (κ3) is 3.59. The van der Waals surface area contributed by atoms with Gasteiger partial charge < -0.3 is 14.5 Å². The Morgan fingerprint density at radius 3 is 2.67 bits per heavy atom. The van der Waals surface area contributed by atoms with Gasteiger partial charge in [0.05, 0.1) is 12.0 Å². The molecule has 0 saturated carbocycles. The summed E-state index contributed by atoms with van der Waals surface area (Å²) in [5, 5.41) is 2.02. The zero-order valence-corrected chi connectivity index (χ0v) is 17.6. The third-order valence-electron chi connectivity index (χ3n) is 5.59. The summed E-state index contributed by atoms with van der Waals surface area (Å²) in [6.45, 7) is 4.29. The first-order valence-electron chi connectivity index (χ1n) is 10.2. The normalized spacial score (nSPS) is 18.0. The Morgan fingerprint density at radius 1 is 1.07 bits per heavy atom. The monoisotopic (exact) mass is 417 g/mol. The Hall–Kier alpha value is -3.12. The predicted octanol–water partition coefficient (Wildman–Crippen LogP) is 4.71. The average Bonchev–Trinajstić information content (AvgIpc) is 3.20. The van der Waals surface area contributed by atoms with E-state index in [2.05, 4.69) is 17.9 Å². The first-order valence-corrected chi connectivity index (χ1v) is 11.1. The van der Waals surface area contributed by atoms with Gasteiger partial charge in [0.1, 0.15) is 17.3 Å². The quantitative estimate of drug-likeness (QED) is 0.607. The molecule has 30 heavy (non-hydrogen) atoms. The van der Waals surface area contributed by atoms with Crippen LogP contribution < -0.4 is 4.74 Å². The average molecular weight is 418 g/mol. The van der Waals surface area contributed by atoms with Gasteiger partial charge in [-0.05, 0) is 42.6 Å². The molecule has 2 aliphatic rings. The molecule has 1 fully saturated rings. The van der Waals surface area contributed by atoms with Crippen molar-refractivity contribution in [3.8, 4) is 11.5 Å². The summed E-state index contributed by atoms with van der Waals surface area (Å²) in [6.07, 6.45) is 0.479. The highest BCUT2D eigenvalue weighted by atomic mass is 32.1. The van der Waals surface area contributed by atoms with Crippen LogP contribution in [0.4, 0.5) is 5.69 Å². The maximum absolute atomic E-state index is 12.8. The largest absolute Gasteiger partial charge is 0.454 e. The van der Waals surface area contributed by atoms with Crippen molar-refractivity contribution in [2.75, 3.05) is 19.6 Å². The van der Waals surface area contributed by atoms with Crippen LogP contribution in [0.3, 0.4) is 0 Å². The fourth-order valence-corrected chi connectivity index (χ4v) is 4.79. The van der Waals surface area contributed by atoms with E-state index in [1.165, 1.54) is 0 Å². The van der Waals surface area contributed by atoms with Crippen LogP contribution in [-0.2, 0) is 11.2 Å². The lowest BCUT2D eigenvalue weighted by Gasteiger charge is -2.41. The van der Waals surface area contributed by atoms with Gasteiger partial charge in [0.25, 0.3) is 0 Å². The van der Waals surface area contributed by atoms with Crippen molar-refractivity contribution in [3.05, 3.63) is 76.5 Å². The molecule has 0 N–H and O–H groups in total. The number of carbonyl (C=O) groups excluding carboxylic acids is 1. The molecule has 0 radical (unpaired) electrons. The fraction of sp³-hybridized carbons (Fsp3) is 0.250. The van der Waals surface area contributed by atoms with Gasteiger partial charge >= 0.3 is 0 Å². The summed E-state index contributed by atoms with van der Waals surface area (Å²) >= 11 is 1.64. The number of rotatable bonds is 2. The van der Waals surface area contributed by atoms with Gasteiger partial charge in [-0.2, -0.15) is 0 Å². The van der Waals surface area contributed by atoms with Crippen molar-refractivity contribution in [2.24, 2.45) is 4.99 Å². The van der Waals surface area contributed by atoms with E-state index in [4.69, 9.17) is 9.73 Å². The molecule has 2 aliphatic heterocycles. The number of nitrogens with zero attached hydrogens (tertiary/aromatic N) is 3. The highest BCUT2D eigenvalue weighted by molar-refractivity contribution is 7.10. The Bertz CT molecular complexity index is 1090. The van der Waals surface area contributed by atoms with E-state index in [9.17, 15) is 4.79 Å². The molecule has 1 amide bonds. The second kappa shape index (κ2) is 7.95. The summed E-state index contributed by atoms with van der Waals surface area (Å²) in [5.41, 5.74) is 1.81. The molecule has 1 atom stereocenters. The number of hydrogen-bond donors (Lipinski definition) is 0. The second-order valence-electron chi connectivity index (χ2n) is 7.64. The molecule has 3 aromatic rings. The molecule has 1 aromatic heterocycles. The van der Waals surface area contributed by atoms with E-state index in [1.807, 2.05) is 64.9 Å². The van der Waals surface area contributed by atoms with Crippen LogP contribution in [0.25, 0.3) is 0 Å². The van der Waals surface area contributed by atoms with E-state index in [0.29, 0.717) is 13.0 Å². The van der Waals surface area contributed by atoms with Crippen LogP contribution in [0.2, 0.25) is 0 Å². The van der Waals surface area contributed by atoms with Crippen molar-refractivity contribution in [1.82, 2.24) is 9.80 Å². The highest BCUT2D eigenvalue weighted by Crippen LogP contribution is 2.38. The van der Waals surface area contributed by atoms with Crippen LogP contribution in [0.15, 0.2) is 71.0 Å². The topological polar surface area (TPSA) is 45.1 Å². The lowest BCUT2D eigenvalue weighted by molar-refractivity contribution is -0.134. The summed E-state index contributed by atoms with van der Waals surface area (Å²) in [7, 11) is 0. The first-order chi connectivity index (χ1) is 14.7. The number of ether oxygens (including phenoxy) is 1. The minimum atomic E-state index is 0.112. The molecule has 2 aromatic carbocycles. The molecular weight excluding hydrogens is 394 g/mol. The maximum atomic E-state index is 12.8. The summed E-state index contributed by atoms with van der Waals surface area (Å²) in [4.78, 5) is 23.2. The number of hydrogen-bond acceptors (Lipinski definition) is 5. The number of piperazine rings is 1. The molecule has 152 valence electrons. The van der Waals surface area contributed by atoms with Gasteiger partial charge in [-0.15, -0.1) is 11.3 Å². The molecule has 5 nitrogen and oxygen atoms in total. The Balaban J connectivity index is 1.41. The number of carbonyl (C=O) groups is 1. The number of para-hydroxylation sites is 3. The molecule has 5 rings (SSSR count). The highest BCUT2D eigenvalue weighted by Gasteiger charge is 2.31. The standard InChI is InChI=1S/C24H23N3O2S/c1-17-16-26(12-13-27(17)23(28)15-18-7-6-14-30-18)24-19-8-2-4-10-21(19)29-22-11-5-3-9-20(22)25-24/h2-11,14,17H,12-13,15-16H2,1H3. The zero-order chi connectivity index (χ0) is 20.5. The Kier molecular flexibility index (Phi) is 5.01. The minimum Gasteiger partial charge on any atom is -0.454 e. The number of aliphatic imine (C=N–C) groups is 1. The summed E-state index contributed by atoms with van der Waals surface area (Å²) < 4.78 is 6.16.